The maximum absolute atomic E-state index is 13.3. The van der Waals surface area contributed by atoms with Crippen molar-refractivity contribution in [1.82, 2.24) is 4.57 Å². The van der Waals surface area contributed by atoms with Gasteiger partial charge in [-0.1, -0.05) is 53.8 Å². The summed E-state index contributed by atoms with van der Waals surface area (Å²) in [5, 5.41) is 10.9. The van der Waals surface area contributed by atoms with E-state index in [1.165, 1.54) is 35.1 Å². The van der Waals surface area contributed by atoms with Crippen LogP contribution in [0, 0.1) is 10.1 Å². The molecule has 0 radical (unpaired) electrons. The van der Waals surface area contributed by atoms with Gasteiger partial charge in [0.25, 0.3) is 11.2 Å². The van der Waals surface area contributed by atoms with E-state index < -0.39 is 16.9 Å². The van der Waals surface area contributed by atoms with Crippen molar-refractivity contribution in [3.8, 4) is 0 Å². The zero-order valence-corrected chi connectivity index (χ0v) is 18.6. The zero-order chi connectivity index (χ0) is 23.5. The maximum atomic E-state index is 13.3. The highest BCUT2D eigenvalue weighted by Crippen LogP contribution is 2.26. The molecule has 2 heterocycles. The van der Waals surface area contributed by atoms with E-state index in [9.17, 15) is 19.7 Å². The van der Waals surface area contributed by atoms with E-state index in [-0.39, 0.29) is 11.2 Å². The zero-order valence-electron chi connectivity index (χ0n) is 17.8. The summed E-state index contributed by atoms with van der Waals surface area (Å²) in [6.07, 6.45) is 5.29. The van der Waals surface area contributed by atoms with Gasteiger partial charge in [-0.2, -0.15) is 0 Å². The first-order valence-electron chi connectivity index (χ1n) is 9.97. The number of benzene rings is 2. The summed E-state index contributed by atoms with van der Waals surface area (Å²) >= 11 is 1.19. The molecule has 9 heteroatoms. The van der Waals surface area contributed by atoms with Gasteiger partial charge in [0.05, 0.1) is 33.9 Å². The van der Waals surface area contributed by atoms with Gasteiger partial charge >= 0.3 is 5.97 Å². The second kappa shape index (κ2) is 9.17. The molecule has 0 saturated heterocycles. The van der Waals surface area contributed by atoms with E-state index in [2.05, 4.69) is 4.99 Å². The van der Waals surface area contributed by atoms with Crippen molar-refractivity contribution in [2.45, 2.75) is 13.0 Å². The number of methoxy groups -OCH3 is 1. The number of nitro groups is 1. The summed E-state index contributed by atoms with van der Waals surface area (Å²) in [6, 6.07) is 14.8. The van der Waals surface area contributed by atoms with Gasteiger partial charge in [0.2, 0.25) is 0 Å². The summed E-state index contributed by atoms with van der Waals surface area (Å²) in [6.45, 7) is 1.71. The normalized spacial score (nSPS) is 15.9. The van der Waals surface area contributed by atoms with Crippen LogP contribution < -0.4 is 14.9 Å². The largest absolute Gasteiger partial charge is 0.466 e. The highest BCUT2D eigenvalue weighted by Gasteiger charge is 2.30. The van der Waals surface area contributed by atoms with Crippen LogP contribution in [0.1, 0.15) is 24.1 Å². The summed E-state index contributed by atoms with van der Waals surface area (Å²) in [4.78, 5) is 41.2. The molecule has 33 heavy (non-hydrogen) atoms. The molecule has 8 nitrogen and oxygen atoms in total. The fourth-order valence-electron chi connectivity index (χ4n) is 3.53. The van der Waals surface area contributed by atoms with Crippen LogP contribution in [0.4, 0.5) is 5.69 Å². The molecule has 2 aromatic carbocycles. The average molecular weight is 461 g/mol. The number of carbonyl (C=O) groups is 1. The van der Waals surface area contributed by atoms with Crippen LogP contribution in [0.15, 0.2) is 81.7 Å². The highest BCUT2D eigenvalue weighted by atomic mass is 32.1. The number of aromatic nitrogens is 1. The summed E-state index contributed by atoms with van der Waals surface area (Å²) in [7, 11) is 1.29. The number of rotatable bonds is 5. The molecule has 0 fully saturated rings. The number of ether oxygens (including phenoxy) is 1. The van der Waals surface area contributed by atoms with Crippen LogP contribution in [0.5, 0.6) is 0 Å². The number of allylic oxidation sites excluding steroid dienone is 2. The second-order valence-corrected chi connectivity index (χ2v) is 8.24. The van der Waals surface area contributed by atoms with Crippen LogP contribution >= 0.6 is 11.3 Å². The standard InChI is InChI=1S/C24H19N3O5S/c1-15-21(23(29)32-2)19(13-10-16-6-4-3-5-7-16)26-22(28)20(33-24(26)25-15)14-17-8-11-18(12-9-17)27(30)31/h3-14,19H,1-2H3/b13-10+,20-14?/t19-/m1/s1. The van der Waals surface area contributed by atoms with Gasteiger partial charge in [0.15, 0.2) is 4.80 Å². The molecule has 1 aliphatic rings. The van der Waals surface area contributed by atoms with E-state index in [0.29, 0.717) is 26.2 Å². The van der Waals surface area contributed by atoms with Crippen molar-refractivity contribution in [2.24, 2.45) is 4.99 Å². The number of thiazole rings is 1. The third-order valence-electron chi connectivity index (χ3n) is 5.14. The number of carbonyl (C=O) groups excluding carboxylic acids is 1. The van der Waals surface area contributed by atoms with Gasteiger partial charge in [-0.3, -0.25) is 19.5 Å². The Morgan fingerprint density at radius 1 is 1.15 bits per heavy atom. The Morgan fingerprint density at radius 2 is 1.85 bits per heavy atom. The molecular formula is C24H19N3O5S. The lowest BCUT2D eigenvalue weighted by atomic mass is 10.0. The molecular weight excluding hydrogens is 442 g/mol. The molecule has 0 amide bonds. The lowest BCUT2D eigenvalue weighted by Crippen LogP contribution is -2.38. The first-order chi connectivity index (χ1) is 15.9. The highest BCUT2D eigenvalue weighted by molar-refractivity contribution is 7.07. The van der Waals surface area contributed by atoms with Crippen molar-refractivity contribution >= 4 is 35.1 Å². The van der Waals surface area contributed by atoms with Crippen molar-refractivity contribution in [3.63, 3.8) is 0 Å². The molecule has 166 valence electrons. The van der Waals surface area contributed by atoms with Crippen molar-refractivity contribution in [1.29, 1.82) is 0 Å². The molecule has 0 aliphatic carbocycles. The molecule has 0 spiro atoms. The van der Waals surface area contributed by atoms with Crippen molar-refractivity contribution in [3.05, 3.63) is 113 Å². The molecule has 0 N–H and O–H groups in total. The Labute approximate surface area is 192 Å². The Kier molecular flexibility index (Phi) is 6.14. The molecule has 4 rings (SSSR count). The van der Waals surface area contributed by atoms with Crippen molar-refractivity contribution < 1.29 is 14.5 Å². The minimum atomic E-state index is -0.687. The predicted octanol–water partition coefficient (Wildman–Crippen LogP) is 2.98. The van der Waals surface area contributed by atoms with Crippen LogP contribution in [-0.4, -0.2) is 22.6 Å². The monoisotopic (exact) mass is 461 g/mol. The molecule has 1 aliphatic heterocycles. The van der Waals surface area contributed by atoms with Crippen molar-refractivity contribution in [2.75, 3.05) is 7.11 Å². The Balaban J connectivity index is 1.84. The molecule has 0 unspecified atom stereocenters. The lowest BCUT2D eigenvalue weighted by molar-refractivity contribution is -0.384. The number of fused-ring (bicyclic) bond motifs is 1. The summed E-state index contributed by atoms with van der Waals surface area (Å²) in [5.74, 6) is -0.552. The molecule has 0 saturated carbocycles. The van der Waals surface area contributed by atoms with Gasteiger partial charge < -0.3 is 4.74 Å². The Morgan fingerprint density at radius 3 is 2.48 bits per heavy atom. The van der Waals surface area contributed by atoms with E-state index >= 15 is 0 Å². The lowest BCUT2D eigenvalue weighted by Gasteiger charge is -2.21. The molecule has 1 atom stereocenters. The molecule has 1 aromatic heterocycles. The predicted molar refractivity (Wildman–Crippen MR) is 125 cm³/mol. The third kappa shape index (κ3) is 4.44. The van der Waals surface area contributed by atoms with E-state index in [1.807, 2.05) is 36.4 Å². The van der Waals surface area contributed by atoms with Gasteiger partial charge in [-0.25, -0.2) is 9.79 Å². The first kappa shape index (κ1) is 22.1. The summed E-state index contributed by atoms with van der Waals surface area (Å²) in [5.41, 5.74) is 1.99. The van der Waals surface area contributed by atoms with Gasteiger partial charge in [0, 0.05) is 12.1 Å². The Bertz CT molecular complexity index is 1460. The number of hydrogen-bond acceptors (Lipinski definition) is 7. The van der Waals surface area contributed by atoms with E-state index in [0.717, 1.165) is 5.56 Å². The number of hydrogen-bond donors (Lipinski definition) is 0. The molecule has 3 aromatic rings. The number of esters is 1. The third-order valence-corrected chi connectivity index (χ3v) is 6.12. The van der Waals surface area contributed by atoms with Gasteiger partial charge in [-0.15, -0.1) is 0 Å². The Hall–Kier alpha value is -4.11. The smallest absolute Gasteiger partial charge is 0.338 e. The van der Waals surface area contributed by atoms with Crippen LogP contribution in [0.3, 0.4) is 0 Å². The SMILES string of the molecule is COC(=O)C1=C(C)N=c2sc(=Cc3ccc([N+](=O)[O-])cc3)c(=O)n2[C@@H]1/C=C/c1ccccc1. The van der Waals surface area contributed by atoms with Gasteiger partial charge in [0.1, 0.15) is 0 Å². The first-order valence-corrected chi connectivity index (χ1v) is 10.8. The fraction of sp³-hybridized carbons (Fsp3) is 0.125. The fourth-order valence-corrected chi connectivity index (χ4v) is 4.58. The van der Waals surface area contributed by atoms with Crippen LogP contribution in [0.25, 0.3) is 12.2 Å². The number of non-ortho nitro benzene ring substituents is 1. The number of nitrogens with zero attached hydrogens (tertiary/aromatic N) is 3. The quantitative estimate of drug-likeness (QED) is 0.330. The molecule has 0 bridgehead atoms. The van der Waals surface area contributed by atoms with Crippen LogP contribution in [-0.2, 0) is 9.53 Å². The van der Waals surface area contributed by atoms with E-state index in [4.69, 9.17) is 4.74 Å². The maximum Gasteiger partial charge on any atom is 0.338 e. The number of nitro benzene ring substituents is 1. The van der Waals surface area contributed by atoms with E-state index in [1.54, 1.807) is 31.2 Å². The second-order valence-electron chi connectivity index (χ2n) is 7.23. The topological polar surface area (TPSA) is 104 Å². The van der Waals surface area contributed by atoms with Crippen LogP contribution in [0.2, 0.25) is 0 Å². The average Bonchev–Trinajstić information content (AvgIpc) is 3.12. The summed E-state index contributed by atoms with van der Waals surface area (Å²) < 4.78 is 6.84. The minimum absolute atomic E-state index is 0.0296. The van der Waals surface area contributed by atoms with Gasteiger partial charge in [-0.05, 0) is 36.3 Å². The minimum Gasteiger partial charge on any atom is -0.466 e.